The predicted octanol–water partition coefficient (Wildman–Crippen LogP) is 1.81. The zero-order chi connectivity index (χ0) is 14.0. The standard InChI is InChI=1S/C6H4F2.4CO.Ta/c7-5-3-1-2-4-6(5)8;4*1-2;/h1-4H;;;;;. The molecule has 7 heteroatoms. The van der Waals surface area contributed by atoms with Gasteiger partial charge in [-0.25, -0.2) is 8.78 Å². The van der Waals surface area contributed by atoms with Crippen molar-refractivity contribution in [2.75, 3.05) is 0 Å². The van der Waals surface area contributed by atoms with Gasteiger partial charge in [0.15, 0.2) is 11.6 Å². The minimum Gasteiger partial charge on any atom is 0 e. The van der Waals surface area contributed by atoms with Gasteiger partial charge in [-0.2, -0.15) is 0 Å². The van der Waals surface area contributed by atoms with Gasteiger partial charge in [0.1, 0.15) is 0 Å². The van der Waals surface area contributed by atoms with Crippen LogP contribution in [0.5, 0.6) is 0 Å². The summed E-state index contributed by atoms with van der Waals surface area (Å²) in [5, 5.41) is 0. The smallest absolute Gasteiger partial charge is 0 e. The minimum atomic E-state index is -0.799. The van der Waals surface area contributed by atoms with Crippen molar-refractivity contribution in [2.45, 2.75) is 0 Å². The maximum atomic E-state index is 11.9. The number of rotatable bonds is 0. The number of halogens is 2. The Morgan fingerprint density at radius 3 is 0.941 bits per heavy atom. The van der Waals surface area contributed by atoms with Crippen LogP contribution in [-0.2, 0) is 41.0 Å². The average molecular weight is 407 g/mol. The molecule has 1 aromatic carbocycles. The monoisotopic (exact) mass is 407 g/mol. The molecule has 0 aromatic heterocycles. The molecule has 0 aliphatic carbocycles. The maximum absolute atomic E-state index is 11.9. The molecule has 17 heavy (non-hydrogen) atoms. The van der Waals surface area contributed by atoms with Crippen LogP contribution < -0.4 is 0 Å². The van der Waals surface area contributed by atoms with Gasteiger partial charge in [-0.3, -0.25) is 0 Å². The molecule has 0 fully saturated rings. The van der Waals surface area contributed by atoms with Crippen LogP contribution in [0.1, 0.15) is 0 Å². The summed E-state index contributed by atoms with van der Waals surface area (Å²) in [7, 11) is 0. The van der Waals surface area contributed by atoms with Gasteiger partial charge in [0.05, 0.1) is 0 Å². The fourth-order valence-corrected chi connectivity index (χ4v) is 0.439. The molecule has 0 spiro atoms. The largest absolute Gasteiger partial charge is 0 e. The molecule has 0 bridgehead atoms. The van der Waals surface area contributed by atoms with Crippen molar-refractivity contribution in [1.82, 2.24) is 0 Å². The molecular formula is C10H4F2O4Ta. The Morgan fingerprint density at radius 1 is 0.647 bits per heavy atom. The number of benzene rings is 1. The quantitative estimate of drug-likeness (QED) is 0.465. The van der Waals surface area contributed by atoms with Crippen LogP contribution in [0.25, 0.3) is 0 Å². The Labute approximate surface area is 112 Å². The first-order valence-electron chi connectivity index (χ1n) is 3.02. The number of hydrogen-bond donors (Lipinski definition) is 0. The summed E-state index contributed by atoms with van der Waals surface area (Å²) in [4.78, 5) is 0. The zero-order valence-electron chi connectivity index (χ0n) is 8.15. The van der Waals surface area contributed by atoms with E-state index in [4.69, 9.17) is 18.6 Å². The van der Waals surface area contributed by atoms with Gasteiger partial charge in [-0.1, -0.05) is 12.1 Å². The first kappa shape index (κ1) is 29.7. The van der Waals surface area contributed by atoms with Crippen molar-refractivity contribution in [3.8, 4) is 0 Å². The molecule has 1 aromatic rings. The summed E-state index contributed by atoms with van der Waals surface area (Å²) in [6.45, 7) is 18.0. The van der Waals surface area contributed by atoms with Crippen LogP contribution in [0.3, 0.4) is 0 Å². The summed E-state index contributed by atoms with van der Waals surface area (Å²) in [5.74, 6) is -1.60. The molecule has 0 aliphatic heterocycles. The molecule has 0 unspecified atom stereocenters. The van der Waals surface area contributed by atoms with Gasteiger partial charge in [0.2, 0.25) is 0 Å². The Balaban J connectivity index is -0.0000000462. The van der Waals surface area contributed by atoms with E-state index in [-0.39, 0.29) is 22.4 Å². The van der Waals surface area contributed by atoms with Crippen molar-refractivity contribution in [1.29, 1.82) is 0 Å². The third kappa shape index (κ3) is 25.2. The second-order valence-electron chi connectivity index (χ2n) is 1.41. The maximum Gasteiger partial charge on any atom is 0 e. The third-order valence-electron chi connectivity index (χ3n) is 0.824. The van der Waals surface area contributed by atoms with Crippen LogP contribution in [-0.4, -0.2) is 0 Å². The molecule has 0 amide bonds. The van der Waals surface area contributed by atoms with Gasteiger partial charge in [-0.05, 0) is 12.1 Å². The summed E-state index contributed by atoms with van der Waals surface area (Å²) in [6, 6.07) is 5.04. The molecule has 0 N–H and O–H groups in total. The molecule has 0 aliphatic rings. The summed E-state index contributed by atoms with van der Waals surface area (Å²) in [5.41, 5.74) is 0. The van der Waals surface area contributed by atoms with E-state index >= 15 is 0 Å². The van der Waals surface area contributed by atoms with Gasteiger partial charge in [-0.15, -0.1) is 0 Å². The van der Waals surface area contributed by atoms with E-state index in [1.807, 2.05) is 0 Å². The molecule has 87 valence electrons. The van der Waals surface area contributed by atoms with E-state index in [0.29, 0.717) is 0 Å². The summed E-state index contributed by atoms with van der Waals surface area (Å²) < 4.78 is 53.9. The second-order valence-corrected chi connectivity index (χ2v) is 1.41. The third-order valence-corrected chi connectivity index (χ3v) is 0.824. The van der Waals surface area contributed by atoms with Crippen LogP contribution in [0.4, 0.5) is 8.78 Å². The van der Waals surface area contributed by atoms with E-state index in [0.717, 1.165) is 12.1 Å². The fraction of sp³-hybridized carbons (Fsp3) is 0. The Kier molecular flexibility index (Phi) is 63.5. The van der Waals surface area contributed by atoms with Crippen LogP contribution in [0.2, 0.25) is 0 Å². The molecule has 0 heterocycles. The molecule has 0 saturated carbocycles. The Bertz CT molecular complexity index is 289. The molecule has 4 nitrogen and oxygen atoms in total. The van der Waals surface area contributed by atoms with Gasteiger partial charge >= 0.3 is 45.2 Å². The summed E-state index contributed by atoms with van der Waals surface area (Å²) >= 11 is 0. The van der Waals surface area contributed by atoms with Gasteiger partial charge < -0.3 is 0 Å². The van der Waals surface area contributed by atoms with E-state index in [2.05, 4.69) is 26.6 Å². The Morgan fingerprint density at radius 2 is 0.824 bits per heavy atom. The van der Waals surface area contributed by atoms with Crippen molar-refractivity contribution >= 4 is 0 Å². The predicted molar refractivity (Wildman–Crippen MR) is 42.1 cm³/mol. The van der Waals surface area contributed by atoms with E-state index in [9.17, 15) is 8.78 Å². The molecule has 1 radical (unpaired) electrons. The molecule has 0 atom stereocenters. The van der Waals surface area contributed by atoms with Crippen molar-refractivity contribution < 1.29 is 49.8 Å². The van der Waals surface area contributed by atoms with E-state index < -0.39 is 11.6 Å². The van der Waals surface area contributed by atoms with E-state index in [1.165, 1.54) is 12.1 Å². The topological polar surface area (TPSA) is 79.6 Å². The second kappa shape index (κ2) is 36.4. The van der Waals surface area contributed by atoms with Crippen LogP contribution in [0, 0.1) is 38.2 Å². The normalized spacial score (nSPS) is 4.82. The molecule has 0 saturated heterocycles. The van der Waals surface area contributed by atoms with Crippen LogP contribution in [0.15, 0.2) is 24.3 Å². The minimum absolute atomic E-state index is 0. The first-order valence-corrected chi connectivity index (χ1v) is 3.02. The zero-order valence-corrected chi connectivity index (χ0v) is 11.4. The average Bonchev–Trinajstić information content (AvgIpc) is 2.42. The first-order chi connectivity index (χ1) is 7.80. The fourth-order valence-electron chi connectivity index (χ4n) is 0.439. The van der Waals surface area contributed by atoms with Crippen molar-refractivity contribution in [3.63, 3.8) is 0 Å². The van der Waals surface area contributed by atoms with Gasteiger partial charge in [0, 0.05) is 22.4 Å². The molecular weight excluding hydrogens is 403 g/mol. The van der Waals surface area contributed by atoms with Crippen molar-refractivity contribution in [2.24, 2.45) is 0 Å². The van der Waals surface area contributed by atoms with E-state index in [1.54, 1.807) is 0 Å². The summed E-state index contributed by atoms with van der Waals surface area (Å²) in [6.07, 6.45) is 0. The Hall–Kier alpha value is -1.22. The van der Waals surface area contributed by atoms with Crippen LogP contribution >= 0.6 is 0 Å². The molecule has 1 rings (SSSR count). The van der Waals surface area contributed by atoms with Crippen molar-refractivity contribution in [3.05, 3.63) is 62.5 Å². The van der Waals surface area contributed by atoms with Gasteiger partial charge in [0.25, 0.3) is 0 Å². The SMILES string of the molecule is Fc1ccccc1F.[C-]#[O+].[C-]#[O+].[C-]#[O+].[C-]#[O+].[Ta]. The number of hydrogen-bond acceptors (Lipinski definition) is 0.